The van der Waals surface area contributed by atoms with Crippen molar-refractivity contribution < 1.29 is 23.5 Å². The Balaban J connectivity index is 1.84. The first kappa shape index (κ1) is 22.1. The minimum Gasteiger partial charge on any atom is -0.497 e. The van der Waals surface area contributed by atoms with Crippen LogP contribution in [0.5, 0.6) is 11.5 Å². The molecule has 0 radical (unpaired) electrons. The predicted molar refractivity (Wildman–Crippen MR) is 125 cm³/mol. The number of benzene rings is 3. The lowest BCUT2D eigenvalue weighted by atomic mass is 10.0. The first-order chi connectivity index (χ1) is 15.8. The molecule has 3 aromatic carbocycles. The number of amides is 2. The molecule has 6 nitrogen and oxygen atoms in total. The number of carbonyl (C=O) groups is 2. The third-order valence-corrected chi connectivity index (χ3v) is 5.59. The van der Waals surface area contributed by atoms with Crippen LogP contribution in [0.15, 0.2) is 66.4 Å². The Bertz CT molecular complexity index is 1260. The number of nitrogens with zero attached hydrogens (tertiary/aromatic N) is 1. The molecule has 0 spiro atoms. The summed E-state index contributed by atoms with van der Waals surface area (Å²) in [6, 6.07) is 16.0. The smallest absolute Gasteiger partial charge is 0.282 e. The van der Waals surface area contributed by atoms with Crippen LogP contribution in [-0.4, -0.2) is 26.0 Å². The number of ether oxygens (including phenoxy) is 2. The van der Waals surface area contributed by atoms with Crippen LogP contribution in [0.4, 0.5) is 15.8 Å². The van der Waals surface area contributed by atoms with Gasteiger partial charge in [0.2, 0.25) is 0 Å². The highest BCUT2D eigenvalue weighted by Crippen LogP contribution is 2.37. The molecule has 1 aliphatic heterocycles. The molecular weight excluding hydrogens is 423 g/mol. The predicted octanol–water partition coefficient (Wildman–Crippen LogP) is 4.86. The monoisotopic (exact) mass is 446 g/mol. The normalized spacial score (nSPS) is 13.5. The number of halogens is 1. The van der Waals surface area contributed by atoms with Crippen molar-refractivity contribution in [1.29, 1.82) is 0 Å². The molecule has 0 aromatic heterocycles. The van der Waals surface area contributed by atoms with E-state index >= 15 is 0 Å². The van der Waals surface area contributed by atoms with Crippen molar-refractivity contribution in [3.8, 4) is 11.5 Å². The standard InChI is InChI=1S/C26H23FN2O4/c1-15-5-10-19(11-16(15)2)28-24-23(17-6-8-18(27)9-7-17)25(30)29(26(24)31)20-12-21(32-3)14-22(13-20)33-4/h5-14,28H,1-4H3. The number of carbonyl (C=O) groups excluding carboxylic acids is 2. The molecule has 0 fully saturated rings. The number of methoxy groups -OCH3 is 2. The van der Waals surface area contributed by atoms with Crippen molar-refractivity contribution in [2.75, 3.05) is 24.4 Å². The van der Waals surface area contributed by atoms with Gasteiger partial charge >= 0.3 is 0 Å². The van der Waals surface area contributed by atoms with Gasteiger partial charge in [0.1, 0.15) is 23.0 Å². The molecule has 0 atom stereocenters. The second-order valence-electron chi connectivity index (χ2n) is 7.70. The van der Waals surface area contributed by atoms with Gasteiger partial charge in [-0.2, -0.15) is 0 Å². The summed E-state index contributed by atoms with van der Waals surface area (Å²) in [6.45, 7) is 3.96. The quantitative estimate of drug-likeness (QED) is 0.548. The second-order valence-corrected chi connectivity index (χ2v) is 7.70. The Labute approximate surface area is 191 Å². The number of nitrogens with one attached hydrogen (secondary N) is 1. The topological polar surface area (TPSA) is 67.9 Å². The zero-order valence-electron chi connectivity index (χ0n) is 18.7. The Morgan fingerprint density at radius 2 is 1.42 bits per heavy atom. The van der Waals surface area contributed by atoms with Crippen LogP contribution in [0.3, 0.4) is 0 Å². The maximum absolute atomic E-state index is 13.6. The van der Waals surface area contributed by atoms with Gasteiger partial charge in [-0.15, -0.1) is 0 Å². The van der Waals surface area contributed by atoms with Crippen LogP contribution in [0.25, 0.3) is 5.57 Å². The third-order valence-electron chi connectivity index (χ3n) is 5.59. The van der Waals surface area contributed by atoms with Crippen molar-refractivity contribution in [3.63, 3.8) is 0 Å². The van der Waals surface area contributed by atoms with Gasteiger partial charge in [0.15, 0.2) is 0 Å². The molecule has 0 saturated carbocycles. The van der Waals surface area contributed by atoms with Gasteiger partial charge in [-0.3, -0.25) is 9.59 Å². The molecule has 3 aromatic rings. The molecule has 0 unspecified atom stereocenters. The van der Waals surface area contributed by atoms with Crippen molar-refractivity contribution >= 4 is 28.8 Å². The Hall–Kier alpha value is -4.13. The van der Waals surface area contributed by atoms with E-state index in [9.17, 15) is 14.0 Å². The molecular formula is C26H23FN2O4. The highest BCUT2D eigenvalue weighted by Gasteiger charge is 2.40. The van der Waals surface area contributed by atoms with Crippen molar-refractivity contribution in [2.45, 2.75) is 13.8 Å². The Morgan fingerprint density at radius 1 is 0.788 bits per heavy atom. The zero-order valence-corrected chi connectivity index (χ0v) is 18.7. The maximum atomic E-state index is 13.6. The molecule has 1 heterocycles. The molecule has 1 N–H and O–H groups in total. The lowest BCUT2D eigenvalue weighted by Crippen LogP contribution is -2.32. The van der Waals surface area contributed by atoms with E-state index in [1.165, 1.54) is 38.5 Å². The number of hydrogen-bond acceptors (Lipinski definition) is 5. The summed E-state index contributed by atoms with van der Waals surface area (Å²) in [5.74, 6) is -0.636. The fourth-order valence-electron chi connectivity index (χ4n) is 3.65. The molecule has 0 bridgehead atoms. The van der Waals surface area contributed by atoms with E-state index in [4.69, 9.17) is 9.47 Å². The highest BCUT2D eigenvalue weighted by molar-refractivity contribution is 6.46. The first-order valence-corrected chi connectivity index (χ1v) is 10.3. The van der Waals surface area contributed by atoms with Gasteiger partial charge in [0.05, 0.1) is 25.5 Å². The molecule has 0 aliphatic carbocycles. The van der Waals surface area contributed by atoms with Crippen LogP contribution in [-0.2, 0) is 9.59 Å². The van der Waals surface area contributed by atoms with Gasteiger partial charge < -0.3 is 14.8 Å². The second kappa shape index (κ2) is 8.78. The molecule has 168 valence electrons. The van der Waals surface area contributed by atoms with E-state index in [-0.39, 0.29) is 11.3 Å². The summed E-state index contributed by atoms with van der Waals surface area (Å²) in [5, 5.41) is 3.12. The van der Waals surface area contributed by atoms with E-state index in [0.29, 0.717) is 28.4 Å². The summed E-state index contributed by atoms with van der Waals surface area (Å²) in [4.78, 5) is 28.2. The van der Waals surface area contributed by atoms with Gasteiger partial charge in [-0.1, -0.05) is 18.2 Å². The van der Waals surface area contributed by atoms with Gasteiger partial charge in [0, 0.05) is 23.9 Å². The largest absolute Gasteiger partial charge is 0.497 e. The molecule has 1 aliphatic rings. The van der Waals surface area contributed by atoms with Crippen molar-refractivity contribution in [1.82, 2.24) is 0 Å². The van der Waals surface area contributed by atoms with E-state index in [0.717, 1.165) is 16.0 Å². The van der Waals surface area contributed by atoms with Gasteiger partial charge in [-0.05, 0) is 54.8 Å². The number of rotatable bonds is 6. The maximum Gasteiger partial charge on any atom is 0.282 e. The zero-order chi connectivity index (χ0) is 23.7. The van der Waals surface area contributed by atoms with E-state index in [2.05, 4.69) is 5.32 Å². The van der Waals surface area contributed by atoms with Crippen LogP contribution in [0.1, 0.15) is 16.7 Å². The number of hydrogen-bond donors (Lipinski definition) is 1. The summed E-state index contributed by atoms with van der Waals surface area (Å²) >= 11 is 0. The van der Waals surface area contributed by atoms with Crippen LogP contribution >= 0.6 is 0 Å². The molecule has 33 heavy (non-hydrogen) atoms. The summed E-state index contributed by atoms with van der Waals surface area (Å²) in [5.41, 5.74) is 3.80. The third kappa shape index (κ3) is 4.17. The SMILES string of the molecule is COc1cc(OC)cc(N2C(=O)C(Nc3ccc(C)c(C)c3)=C(c3ccc(F)cc3)C2=O)c1. The summed E-state index contributed by atoms with van der Waals surface area (Å²) < 4.78 is 24.2. The Kier molecular flexibility index (Phi) is 5.87. The molecule has 0 saturated heterocycles. The fourth-order valence-corrected chi connectivity index (χ4v) is 3.65. The minimum atomic E-state index is -0.534. The molecule has 7 heteroatoms. The number of anilines is 2. The average molecular weight is 446 g/mol. The summed E-state index contributed by atoms with van der Waals surface area (Å²) in [6.07, 6.45) is 0. The van der Waals surface area contributed by atoms with Gasteiger partial charge in [-0.25, -0.2) is 9.29 Å². The summed E-state index contributed by atoms with van der Waals surface area (Å²) in [7, 11) is 2.97. The van der Waals surface area contributed by atoms with Crippen LogP contribution in [0.2, 0.25) is 0 Å². The lowest BCUT2D eigenvalue weighted by Gasteiger charge is -2.17. The van der Waals surface area contributed by atoms with E-state index in [1.54, 1.807) is 18.2 Å². The Morgan fingerprint density at radius 3 is 2.00 bits per heavy atom. The highest BCUT2D eigenvalue weighted by atomic mass is 19.1. The van der Waals surface area contributed by atoms with E-state index in [1.807, 2.05) is 32.0 Å². The van der Waals surface area contributed by atoms with E-state index < -0.39 is 17.6 Å². The van der Waals surface area contributed by atoms with Gasteiger partial charge in [0.25, 0.3) is 11.8 Å². The van der Waals surface area contributed by atoms with Crippen molar-refractivity contribution in [2.24, 2.45) is 0 Å². The fraction of sp³-hybridized carbons (Fsp3) is 0.154. The first-order valence-electron chi connectivity index (χ1n) is 10.3. The molecule has 2 amide bonds. The minimum absolute atomic E-state index is 0.108. The lowest BCUT2D eigenvalue weighted by molar-refractivity contribution is -0.120. The molecule has 4 rings (SSSR count). The van der Waals surface area contributed by atoms with Crippen LogP contribution in [0, 0.1) is 19.7 Å². The number of aryl methyl sites for hydroxylation is 2. The number of imide groups is 1. The van der Waals surface area contributed by atoms with Crippen molar-refractivity contribution in [3.05, 3.63) is 88.9 Å². The average Bonchev–Trinajstić information content (AvgIpc) is 3.05. The van der Waals surface area contributed by atoms with Crippen LogP contribution < -0.4 is 19.7 Å².